The van der Waals surface area contributed by atoms with E-state index in [0.29, 0.717) is 13.0 Å². The monoisotopic (exact) mass is 278 g/mol. The molecule has 0 radical (unpaired) electrons. The zero-order chi connectivity index (χ0) is 14.6. The van der Waals surface area contributed by atoms with Crippen molar-refractivity contribution in [1.29, 1.82) is 0 Å². The van der Waals surface area contributed by atoms with E-state index in [1.807, 2.05) is 6.92 Å². The van der Waals surface area contributed by atoms with Crippen molar-refractivity contribution >= 4 is 0 Å². The molecule has 0 amide bonds. The highest BCUT2D eigenvalue weighted by atomic mass is 19.4. The van der Waals surface area contributed by atoms with Gasteiger partial charge in [-0.25, -0.2) is 0 Å². The molecule has 0 aliphatic rings. The number of halogens is 3. The molecule has 0 aliphatic heterocycles. The molecule has 0 aromatic carbocycles. The third kappa shape index (κ3) is 4.83. The van der Waals surface area contributed by atoms with Gasteiger partial charge in [-0.1, -0.05) is 6.92 Å². The van der Waals surface area contributed by atoms with Gasteiger partial charge >= 0.3 is 6.18 Å². The number of nitrogens with zero attached hydrogens (tertiary/aromatic N) is 3. The molecule has 0 bridgehead atoms. The predicted octanol–water partition coefficient (Wildman–Crippen LogP) is 2.08. The molecule has 1 rings (SSSR count). The van der Waals surface area contributed by atoms with E-state index in [-0.39, 0.29) is 0 Å². The first-order chi connectivity index (χ1) is 8.74. The highest BCUT2D eigenvalue weighted by molar-refractivity contribution is 5.13. The number of aryl methyl sites for hydroxylation is 1. The summed E-state index contributed by atoms with van der Waals surface area (Å²) >= 11 is 0. The Bertz CT molecular complexity index is 387. The number of rotatable bonds is 6. The minimum atomic E-state index is -4.23. The molecule has 1 aromatic heterocycles. The van der Waals surface area contributed by atoms with Crippen LogP contribution >= 0.6 is 0 Å². The Balaban J connectivity index is 2.99. The van der Waals surface area contributed by atoms with Gasteiger partial charge in [-0.05, 0) is 19.9 Å². The number of hydrogen-bond acceptors (Lipinski definition) is 3. The van der Waals surface area contributed by atoms with Crippen LogP contribution < -0.4 is 5.73 Å². The molecule has 0 saturated carbocycles. The average molecular weight is 278 g/mol. The first-order valence-corrected chi connectivity index (χ1v) is 6.29. The summed E-state index contributed by atoms with van der Waals surface area (Å²) in [5.41, 5.74) is 6.60. The van der Waals surface area contributed by atoms with Gasteiger partial charge in [-0.3, -0.25) is 9.58 Å². The molecular formula is C12H21F3N4. The summed E-state index contributed by atoms with van der Waals surface area (Å²) < 4.78 is 39.6. The summed E-state index contributed by atoms with van der Waals surface area (Å²) in [5, 5.41) is 4.01. The Hall–Kier alpha value is -1.08. The second-order valence-electron chi connectivity index (χ2n) is 4.84. The molecule has 4 nitrogen and oxygen atoms in total. The van der Waals surface area contributed by atoms with Crippen LogP contribution in [0, 0.1) is 0 Å². The van der Waals surface area contributed by atoms with E-state index in [2.05, 4.69) is 5.10 Å². The molecule has 0 fully saturated rings. The third-order valence-corrected chi connectivity index (χ3v) is 2.85. The van der Waals surface area contributed by atoms with Crippen LogP contribution in [-0.4, -0.2) is 40.0 Å². The van der Waals surface area contributed by atoms with Crippen LogP contribution in [0.3, 0.4) is 0 Å². The topological polar surface area (TPSA) is 47.1 Å². The fourth-order valence-electron chi connectivity index (χ4n) is 2.27. The fraction of sp³-hybridized carbons (Fsp3) is 0.750. The maximum atomic E-state index is 12.7. The summed E-state index contributed by atoms with van der Waals surface area (Å²) in [6, 6.07) is -0.881. The van der Waals surface area contributed by atoms with Crippen LogP contribution in [0.1, 0.15) is 31.9 Å². The van der Waals surface area contributed by atoms with E-state index < -0.39 is 24.8 Å². The lowest BCUT2D eigenvalue weighted by molar-refractivity contribution is -0.152. The zero-order valence-electron chi connectivity index (χ0n) is 11.5. The van der Waals surface area contributed by atoms with E-state index in [4.69, 9.17) is 5.73 Å². The second kappa shape index (κ2) is 6.38. The van der Waals surface area contributed by atoms with Gasteiger partial charge in [-0.2, -0.15) is 18.3 Å². The summed E-state index contributed by atoms with van der Waals surface area (Å²) in [6.45, 7) is 2.96. The molecule has 2 atom stereocenters. The normalized spacial score (nSPS) is 15.8. The molecular weight excluding hydrogens is 257 g/mol. The number of nitrogens with two attached hydrogens (primary N) is 1. The molecule has 110 valence electrons. The van der Waals surface area contributed by atoms with Crippen molar-refractivity contribution in [2.75, 3.05) is 13.1 Å². The van der Waals surface area contributed by atoms with Crippen LogP contribution in [0.25, 0.3) is 0 Å². The maximum absolute atomic E-state index is 12.7. The number of hydrogen-bond donors (Lipinski definition) is 1. The number of alkyl halides is 3. The quantitative estimate of drug-likeness (QED) is 0.866. The maximum Gasteiger partial charge on any atom is 0.401 e. The Morgan fingerprint density at radius 1 is 1.47 bits per heavy atom. The lowest BCUT2D eigenvalue weighted by Gasteiger charge is -2.34. The second-order valence-corrected chi connectivity index (χ2v) is 4.84. The largest absolute Gasteiger partial charge is 0.401 e. The van der Waals surface area contributed by atoms with E-state index in [1.54, 1.807) is 31.0 Å². The van der Waals surface area contributed by atoms with Crippen LogP contribution in [-0.2, 0) is 7.05 Å². The zero-order valence-corrected chi connectivity index (χ0v) is 11.5. The summed E-state index contributed by atoms with van der Waals surface area (Å²) in [4.78, 5) is 1.38. The van der Waals surface area contributed by atoms with Crippen molar-refractivity contribution in [2.24, 2.45) is 12.8 Å². The van der Waals surface area contributed by atoms with E-state index in [1.165, 1.54) is 4.90 Å². The molecule has 2 N–H and O–H groups in total. The van der Waals surface area contributed by atoms with Crippen molar-refractivity contribution in [3.8, 4) is 0 Å². The molecule has 19 heavy (non-hydrogen) atoms. The Labute approximate surface area is 111 Å². The molecule has 0 aliphatic carbocycles. The van der Waals surface area contributed by atoms with Gasteiger partial charge in [0.05, 0.1) is 18.8 Å². The third-order valence-electron chi connectivity index (χ3n) is 2.85. The summed E-state index contributed by atoms with van der Waals surface area (Å²) in [6.07, 6.45) is -0.301. The fourth-order valence-corrected chi connectivity index (χ4v) is 2.27. The first-order valence-electron chi connectivity index (χ1n) is 6.29. The van der Waals surface area contributed by atoms with Crippen molar-refractivity contribution in [3.63, 3.8) is 0 Å². The van der Waals surface area contributed by atoms with Crippen molar-refractivity contribution < 1.29 is 13.2 Å². The highest BCUT2D eigenvalue weighted by Gasteiger charge is 2.35. The van der Waals surface area contributed by atoms with Gasteiger partial charge in [0, 0.05) is 24.8 Å². The lowest BCUT2D eigenvalue weighted by Crippen LogP contribution is -2.44. The molecule has 7 heteroatoms. The SMILES string of the molecule is CCCN(CC(F)(F)F)C(c1cnn(C)c1)C(C)N. The van der Waals surface area contributed by atoms with Gasteiger partial charge in [0.15, 0.2) is 0 Å². The van der Waals surface area contributed by atoms with Crippen LogP contribution in [0.2, 0.25) is 0 Å². The standard InChI is InChI=1S/C12H21F3N4/c1-4-5-19(8-12(13,14)15)11(9(2)16)10-6-17-18(3)7-10/h6-7,9,11H,4-5,8,16H2,1-3H3. The van der Waals surface area contributed by atoms with E-state index >= 15 is 0 Å². The number of aromatic nitrogens is 2. The van der Waals surface area contributed by atoms with Gasteiger partial charge < -0.3 is 5.73 Å². The van der Waals surface area contributed by atoms with Crippen molar-refractivity contribution in [3.05, 3.63) is 18.0 Å². The minimum absolute atomic E-state index is 0.348. The molecule has 0 saturated heterocycles. The minimum Gasteiger partial charge on any atom is -0.326 e. The van der Waals surface area contributed by atoms with Crippen molar-refractivity contribution in [2.45, 2.75) is 38.5 Å². The van der Waals surface area contributed by atoms with Crippen molar-refractivity contribution in [1.82, 2.24) is 14.7 Å². The Morgan fingerprint density at radius 3 is 2.47 bits per heavy atom. The lowest BCUT2D eigenvalue weighted by atomic mass is 10.0. The molecule has 1 heterocycles. The summed E-state index contributed by atoms with van der Waals surface area (Å²) in [7, 11) is 1.73. The van der Waals surface area contributed by atoms with Crippen LogP contribution in [0.15, 0.2) is 12.4 Å². The smallest absolute Gasteiger partial charge is 0.326 e. The van der Waals surface area contributed by atoms with Gasteiger partial charge in [-0.15, -0.1) is 0 Å². The van der Waals surface area contributed by atoms with E-state index in [0.717, 1.165) is 5.56 Å². The van der Waals surface area contributed by atoms with Gasteiger partial charge in [0.25, 0.3) is 0 Å². The predicted molar refractivity (Wildman–Crippen MR) is 67.5 cm³/mol. The summed E-state index contributed by atoms with van der Waals surface area (Å²) in [5.74, 6) is 0. The average Bonchev–Trinajstić information content (AvgIpc) is 2.62. The van der Waals surface area contributed by atoms with Crippen LogP contribution in [0.4, 0.5) is 13.2 Å². The molecule has 0 spiro atoms. The molecule has 1 aromatic rings. The first kappa shape index (κ1) is 16.0. The van der Waals surface area contributed by atoms with Gasteiger partial charge in [0.2, 0.25) is 0 Å². The van der Waals surface area contributed by atoms with E-state index in [9.17, 15) is 13.2 Å². The highest BCUT2D eigenvalue weighted by Crippen LogP contribution is 2.27. The van der Waals surface area contributed by atoms with Gasteiger partial charge in [0.1, 0.15) is 0 Å². The van der Waals surface area contributed by atoms with Crippen LogP contribution in [0.5, 0.6) is 0 Å². The Kier molecular flexibility index (Phi) is 5.37. The molecule has 2 unspecified atom stereocenters. The Morgan fingerprint density at radius 2 is 2.11 bits per heavy atom.